The molecule has 1 unspecified atom stereocenters. The van der Waals surface area contributed by atoms with Gasteiger partial charge in [-0.3, -0.25) is 4.79 Å². The van der Waals surface area contributed by atoms with Crippen LogP contribution < -0.4 is 5.73 Å². The largest absolute Gasteiger partial charge is 0.378 e. The Hall–Kier alpha value is -0.780. The smallest absolute Gasteiger partial charge is 0.182 e. The Balaban J connectivity index is 1.82. The number of rotatable bonds is 5. The molecule has 88 valence electrons. The van der Waals surface area contributed by atoms with E-state index in [2.05, 4.69) is 4.98 Å². The van der Waals surface area contributed by atoms with Crippen molar-refractivity contribution in [3.05, 3.63) is 16.1 Å². The Labute approximate surface area is 98.8 Å². The van der Waals surface area contributed by atoms with E-state index in [1.165, 1.54) is 11.3 Å². The SMILES string of the molecule is NCc1nc(C(=O)CCC2CCCO2)cs1. The molecule has 1 atom stereocenters. The highest BCUT2D eigenvalue weighted by Crippen LogP contribution is 2.19. The average Bonchev–Trinajstić information content (AvgIpc) is 2.96. The number of aromatic nitrogens is 1. The highest BCUT2D eigenvalue weighted by molar-refractivity contribution is 7.09. The van der Waals surface area contributed by atoms with Crippen LogP contribution in [0.25, 0.3) is 0 Å². The first kappa shape index (κ1) is 11.7. The first-order valence-electron chi connectivity index (χ1n) is 5.59. The second-order valence-corrected chi connectivity index (χ2v) is 4.87. The molecule has 4 nitrogen and oxygen atoms in total. The lowest BCUT2D eigenvalue weighted by Crippen LogP contribution is -2.09. The van der Waals surface area contributed by atoms with Crippen LogP contribution >= 0.6 is 11.3 Å². The molecule has 1 aromatic rings. The van der Waals surface area contributed by atoms with Crippen LogP contribution in [0.5, 0.6) is 0 Å². The molecular formula is C11H16N2O2S. The van der Waals surface area contributed by atoms with E-state index < -0.39 is 0 Å². The van der Waals surface area contributed by atoms with Gasteiger partial charge < -0.3 is 10.5 Å². The van der Waals surface area contributed by atoms with E-state index in [9.17, 15) is 4.79 Å². The summed E-state index contributed by atoms with van der Waals surface area (Å²) in [6.07, 6.45) is 3.81. The third kappa shape index (κ3) is 2.87. The van der Waals surface area contributed by atoms with E-state index in [1.54, 1.807) is 5.38 Å². The second-order valence-electron chi connectivity index (χ2n) is 3.93. The molecule has 1 fully saturated rings. The zero-order valence-corrected chi connectivity index (χ0v) is 9.96. The lowest BCUT2D eigenvalue weighted by Gasteiger charge is -2.06. The number of hydrogen-bond acceptors (Lipinski definition) is 5. The fraction of sp³-hybridized carbons (Fsp3) is 0.636. The van der Waals surface area contributed by atoms with Crippen LogP contribution in [-0.2, 0) is 11.3 Å². The summed E-state index contributed by atoms with van der Waals surface area (Å²) in [6, 6.07) is 0. The summed E-state index contributed by atoms with van der Waals surface area (Å²) in [6.45, 7) is 1.25. The molecule has 0 amide bonds. The highest BCUT2D eigenvalue weighted by atomic mass is 32.1. The molecule has 2 N–H and O–H groups in total. The van der Waals surface area contributed by atoms with Gasteiger partial charge in [0.2, 0.25) is 0 Å². The topological polar surface area (TPSA) is 65.2 Å². The summed E-state index contributed by atoms with van der Waals surface area (Å²) in [5, 5.41) is 2.61. The quantitative estimate of drug-likeness (QED) is 0.796. The van der Waals surface area contributed by atoms with Crippen molar-refractivity contribution in [1.82, 2.24) is 4.98 Å². The Morgan fingerprint density at radius 3 is 3.19 bits per heavy atom. The van der Waals surface area contributed by atoms with Crippen LogP contribution in [0.2, 0.25) is 0 Å². The van der Waals surface area contributed by atoms with E-state index in [-0.39, 0.29) is 11.9 Å². The van der Waals surface area contributed by atoms with Gasteiger partial charge in [-0.2, -0.15) is 0 Å². The highest BCUT2D eigenvalue weighted by Gasteiger charge is 2.18. The molecule has 2 heterocycles. The maximum Gasteiger partial charge on any atom is 0.182 e. The maximum absolute atomic E-state index is 11.8. The van der Waals surface area contributed by atoms with Crippen molar-refractivity contribution in [2.24, 2.45) is 5.73 Å². The lowest BCUT2D eigenvalue weighted by molar-refractivity contribution is 0.0856. The van der Waals surface area contributed by atoms with Crippen LogP contribution in [0, 0.1) is 0 Å². The molecule has 0 aromatic carbocycles. The van der Waals surface area contributed by atoms with E-state index in [0.717, 1.165) is 30.9 Å². The summed E-state index contributed by atoms with van der Waals surface area (Å²) in [5.41, 5.74) is 6.01. The number of nitrogens with zero attached hydrogens (tertiary/aromatic N) is 1. The van der Waals surface area contributed by atoms with Crippen molar-refractivity contribution in [2.45, 2.75) is 38.3 Å². The first-order valence-corrected chi connectivity index (χ1v) is 6.47. The molecule has 0 aliphatic carbocycles. The van der Waals surface area contributed by atoms with Gasteiger partial charge in [-0.05, 0) is 19.3 Å². The Kier molecular flexibility index (Phi) is 4.04. The second kappa shape index (κ2) is 5.52. The summed E-state index contributed by atoms with van der Waals surface area (Å²) in [7, 11) is 0. The van der Waals surface area contributed by atoms with E-state index >= 15 is 0 Å². The summed E-state index contributed by atoms with van der Waals surface area (Å²) >= 11 is 1.45. The van der Waals surface area contributed by atoms with E-state index in [0.29, 0.717) is 18.7 Å². The minimum absolute atomic E-state index is 0.103. The molecule has 1 saturated heterocycles. The standard InChI is InChI=1S/C11H16N2O2S/c12-6-11-13-9(7-16-11)10(14)4-3-8-2-1-5-15-8/h7-8H,1-6,12H2. The molecule has 0 bridgehead atoms. The third-order valence-corrected chi connectivity index (χ3v) is 3.60. The zero-order chi connectivity index (χ0) is 11.4. The van der Waals surface area contributed by atoms with E-state index in [1.807, 2.05) is 0 Å². The van der Waals surface area contributed by atoms with Crippen LogP contribution in [-0.4, -0.2) is 23.5 Å². The molecule has 1 aromatic heterocycles. The number of ether oxygens (including phenoxy) is 1. The minimum Gasteiger partial charge on any atom is -0.378 e. The summed E-state index contributed by atoms with van der Waals surface area (Å²) in [4.78, 5) is 16.0. The van der Waals surface area contributed by atoms with Gasteiger partial charge in [0.1, 0.15) is 10.7 Å². The molecule has 16 heavy (non-hydrogen) atoms. The molecule has 0 radical (unpaired) electrons. The van der Waals surface area contributed by atoms with Gasteiger partial charge in [-0.15, -0.1) is 11.3 Å². The molecule has 0 spiro atoms. The Morgan fingerprint density at radius 1 is 1.69 bits per heavy atom. The van der Waals surface area contributed by atoms with Crippen molar-refractivity contribution in [1.29, 1.82) is 0 Å². The monoisotopic (exact) mass is 240 g/mol. The fourth-order valence-electron chi connectivity index (χ4n) is 1.82. The van der Waals surface area contributed by atoms with Crippen molar-refractivity contribution in [2.75, 3.05) is 6.61 Å². The zero-order valence-electron chi connectivity index (χ0n) is 9.15. The van der Waals surface area contributed by atoms with Gasteiger partial charge in [-0.25, -0.2) is 4.98 Å². The van der Waals surface area contributed by atoms with Gasteiger partial charge in [-0.1, -0.05) is 0 Å². The fourth-order valence-corrected chi connectivity index (χ4v) is 2.50. The average molecular weight is 240 g/mol. The van der Waals surface area contributed by atoms with Crippen molar-refractivity contribution < 1.29 is 9.53 Å². The van der Waals surface area contributed by atoms with Gasteiger partial charge in [0.15, 0.2) is 5.78 Å². The molecular weight excluding hydrogens is 224 g/mol. The van der Waals surface area contributed by atoms with Crippen LogP contribution in [0.15, 0.2) is 5.38 Å². The summed E-state index contributed by atoms with van der Waals surface area (Å²) < 4.78 is 5.48. The predicted octanol–water partition coefficient (Wildman–Crippen LogP) is 1.74. The summed E-state index contributed by atoms with van der Waals surface area (Å²) in [5.74, 6) is 0.103. The number of hydrogen-bond donors (Lipinski definition) is 1. The first-order chi connectivity index (χ1) is 7.79. The van der Waals surface area contributed by atoms with Gasteiger partial charge in [0.05, 0.1) is 6.10 Å². The molecule has 1 aliphatic heterocycles. The minimum atomic E-state index is 0.103. The number of thiazole rings is 1. The van der Waals surface area contributed by atoms with Crippen molar-refractivity contribution in [3.63, 3.8) is 0 Å². The van der Waals surface area contributed by atoms with Crippen molar-refractivity contribution in [3.8, 4) is 0 Å². The lowest BCUT2D eigenvalue weighted by atomic mass is 10.1. The van der Waals surface area contributed by atoms with Gasteiger partial charge in [0, 0.05) is 25.0 Å². The number of carbonyl (C=O) groups is 1. The normalized spacial score (nSPS) is 20.2. The molecule has 2 rings (SSSR count). The molecule has 0 saturated carbocycles. The Morgan fingerprint density at radius 2 is 2.56 bits per heavy atom. The number of carbonyl (C=O) groups excluding carboxylic acids is 1. The third-order valence-electron chi connectivity index (χ3n) is 2.73. The number of Topliss-reactive ketones (excluding diaryl/α,β-unsaturated/α-hetero) is 1. The van der Waals surface area contributed by atoms with Crippen molar-refractivity contribution >= 4 is 17.1 Å². The number of ketones is 1. The van der Waals surface area contributed by atoms with Crippen LogP contribution in [0.3, 0.4) is 0 Å². The molecule has 1 aliphatic rings. The van der Waals surface area contributed by atoms with E-state index in [4.69, 9.17) is 10.5 Å². The van der Waals surface area contributed by atoms with Crippen LogP contribution in [0.4, 0.5) is 0 Å². The predicted molar refractivity (Wildman–Crippen MR) is 62.5 cm³/mol. The maximum atomic E-state index is 11.8. The molecule has 5 heteroatoms. The van der Waals surface area contributed by atoms with Gasteiger partial charge >= 0.3 is 0 Å². The number of nitrogens with two attached hydrogens (primary N) is 1. The Bertz CT molecular complexity index is 359. The van der Waals surface area contributed by atoms with Gasteiger partial charge in [0.25, 0.3) is 0 Å². The van der Waals surface area contributed by atoms with Crippen LogP contribution in [0.1, 0.15) is 41.2 Å².